The van der Waals surface area contributed by atoms with E-state index in [0.717, 1.165) is 15.6 Å². The van der Waals surface area contributed by atoms with E-state index in [4.69, 9.17) is 9.47 Å². The molecule has 0 radical (unpaired) electrons. The Balaban J connectivity index is 2.02. The standard InChI is InChI=1S/C19H21BrN2O4/c1-12(2)26-19-16(20)8-14(9-17(19)25-3)11-21-22-18(24)10-13-4-6-15(23)7-5-13/h4-9,11-12,23H,10H2,1-3H3,(H,22,24)/b21-11-. The molecule has 0 aromatic heterocycles. The molecule has 2 aromatic rings. The highest BCUT2D eigenvalue weighted by atomic mass is 79.9. The second-order valence-electron chi connectivity index (χ2n) is 5.84. The summed E-state index contributed by atoms with van der Waals surface area (Å²) in [6, 6.07) is 10.1. The minimum absolute atomic E-state index is 0.0129. The molecule has 0 bridgehead atoms. The van der Waals surface area contributed by atoms with Crippen molar-refractivity contribution in [2.45, 2.75) is 26.4 Å². The van der Waals surface area contributed by atoms with Crippen molar-refractivity contribution in [1.29, 1.82) is 0 Å². The van der Waals surface area contributed by atoms with Gasteiger partial charge in [0.25, 0.3) is 0 Å². The van der Waals surface area contributed by atoms with Gasteiger partial charge in [-0.25, -0.2) is 5.43 Å². The Kier molecular flexibility index (Phi) is 7.03. The first-order chi connectivity index (χ1) is 12.4. The fourth-order valence-electron chi connectivity index (χ4n) is 2.18. The average Bonchev–Trinajstić information content (AvgIpc) is 2.58. The molecule has 2 rings (SSSR count). The summed E-state index contributed by atoms with van der Waals surface area (Å²) in [6.45, 7) is 3.87. The van der Waals surface area contributed by atoms with Gasteiger partial charge in [0.2, 0.25) is 5.91 Å². The molecule has 0 atom stereocenters. The molecule has 2 N–H and O–H groups in total. The van der Waals surface area contributed by atoms with Crippen LogP contribution in [0.4, 0.5) is 0 Å². The smallest absolute Gasteiger partial charge is 0.244 e. The van der Waals surface area contributed by atoms with Crippen LogP contribution in [-0.4, -0.2) is 30.4 Å². The second kappa shape index (κ2) is 9.24. The number of nitrogens with one attached hydrogen (secondary N) is 1. The number of hydrazone groups is 1. The van der Waals surface area contributed by atoms with Crippen LogP contribution in [0.25, 0.3) is 0 Å². The van der Waals surface area contributed by atoms with Crippen LogP contribution in [0.5, 0.6) is 17.2 Å². The van der Waals surface area contributed by atoms with Crippen LogP contribution in [0.1, 0.15) is 25.0 Å². The molecule has 0 aliphatic heterocycles. The van der Waals surface area contributed by atoms with Crippen molar-refractivity contribution >= 4 is 28.1 Å². The quantitative estimate of drug-likeness (QED) is 0.529. The summed E-state index contributed by atoms with van der Waals surface area (Å²) < 4.78 is 11.8. The lowest BCUT2D eigenvalue weighted by Crippen LogP contribution is -2.19. The number of hydrogen-bond donors (Lipinski definition) is 2. The first-order valence-electron chi connectivity index (χ1n) is 8.03. The van der Waals surface area contributed by atoms with E-state index in [1.54, 1.807) is 25.3 Å². The minimum atomic E-state index is -0.252. The summed E-state index contributed by atoms with van der Waals surface area (Å²) in [4.78, 5) is 11.9. The predicted molar refractivity (Wildman–Crippen MR) is 104 cm³/mol. The number of amides is 1. The van der Waals surface area contributed by atoms with Gasteiger partial charge in [0.05, 0.1) is 30.3 Å². The van der Waals surface area contributed by atoms with Crippen LogP contribution in [0.15, 0.2) is 46.0 Å². The van der Waals surface area contributed by atoms with Crippen molar-refractivity contribution < 1.29 is 19.4 Å². The summed E-state index contributed by atoms with van der Waals surface area (Å²) in [5, 5.41) is 13.2. The highest BCUT2D eigenvalue weighted by molar-refractivity contribution is 9.10. The molecule has 0 saturated carbocycles. The topological polar surface area (TPSA) is 80.2 Å². The molecule has 1 amide bonds. The molecular formula is C19H21BrN2O4. The Morgan fingerprint density at radius 2 is 2.00 bits per heavy atom. The molecule has 0 heterocycles. The van der Waals surface area contributed by atoms with Gasteiger partial charge in [0.15, 0.2) is 11.5 Å². The lowest BCUT2D eigenvalue weighted by molar-refractivity contribution is -0.120. The van der Waals surface area contributed by atoms with Crippen molar-refractivity contribution in [2.24, 2.45) is 5.10 Å². The highest BCUT2D eigenvalue weighted by Crippen LogP contribution is 2.36. The third-order valence-electron chi connectivity index (χ3n) is 3.31. The molecular weight excluding hydrogens is 400 g/mol. The summed E-state index contributed by atoms with van der Waals surface area (Å²) in [5.41, 5.74) is 4.01. The number of carbonyl (C=O) groups is 1. The van der Waals surface area contributed by atoms with E-state index >= 15 is 0 Å². The lowest BCUT2D eigenvalue weighted by atomic mass is 10.1. The Hall–Kier alpha value is -2.54. The average molecular weight is 421 g/mol. The van der Waals surface area contributed by atoms with E-state index in [1.165, 1.54) is 18.3 Å². The fraction of sp³-hybridized carbons (Fsp3) is 0.263. The van der Waals surface area contributed by atoms with Crippen molar-refractivity contribution in [1.82, 2.24) is 5.43 Å². The summed E-state index contributed by atoms with van der Waals surface area (Å²) >= 11 is 3.46. The number of ether oxygens (including phenoxy) is 2. The number of rotatable bonds is 7. The Labute approximate surface area is 161 Å². The number of phenols is 1. The van der Waals surface area contributed by atoms with Gasteiger partial charge in [0.1, 0.15) is 5.75 Å². The van der Waals surface area contributed by atoms with Gasteiger partial charge in [0, 0.05) is 0 Å². The summed E-state index contributed by atoms with van der Waals surface area (Å²) in [6.07, 6.45) is 1.71. The van der Waals surface area contributed by atoms with Crippen LogP contribution in [0.3, 0.4) is 0 Å². The molecule has 0 unspecified atom stereocenters. The molecule has 26 heavy (non-hydrogen) atoms. The van der Waals surface area contributed by atoms with E-state index < -0.39 is 0 Å². The molecule has 0 aliphatic carbocycles. The number of halogens is 1. The zero-order valence-electron chi connectivity index (χ0n) is 14.8. The number of methoxy groups -OCH3 is 1. The molecule has 0 fully saturated rings. The van der Waals surface area contributed by atoms with Gasteiger partial charge in [-0.05, 0) is 65.2 Å². The number of nitrogens with zero attached hydrogens (tertiary/aromatic N) is 1. The maximum Gasteiger partial charge on any atom is 0.244 e. The molecule has 138 valence electrons. The van der Waals surface area contributed by atoms with Crippen molar-refractivity contribution in [2.75, 3.05) is 7.11 Å². The predicted octanol–water partition coefficient (Wildman–Crippen LogP) is 3.64. The van der Waals surface area contributed by atoms with Crippen molar-refractivity contribution in [3.63, 3.8) is 0 Å². The third kappa shape index (κ3) is 5.77. The summed E-state index contributed by atoms with van der Waals surface area (Å²) in [7, 11) is 1.56. The van der Waals surface area contributed by atoms with E-state index in [2.05, 4.69) is 26.5 Å². The van der Waals surface area contributed by atoms with Crippen molar-refractivity contribution in [3.8, 4) is 17.2 Å². The van der Waals surface area contributed by atoms with E-state index in [9.17, 15) is 9.90 Å². The molecule has 0 aliphatic rings. The van der Waals surface area contributed by atoms with Gasteiger partial charge >= 0.3 is 0 Å². The largest absolute Gasteiger partial charge is 0.508 e. The lowest BCUT2D eigenvalue weighted by Gasteiger charge is -2.15. The highest BCUT2D eigenvalue weighted by Gasteiger charge is 2.12. The van der Waals surface area contributed by atoms with E-state index in [1.807, 2.05) is 19.9 Å². The zero-order valence-corrected chi connectivity index (χ0v) is 16.4. The SMILES string of the molecule is COc1cc(/C=N\NC(=O)Cc2ccc(O)cc2)cc(Br)c1OC(C)C. The van der Waals surface area contributed by atoms with Crippen LogP contribution in [0.2, 0.25) is 0 Å². The van der Waals surface area contributed by atoms with Crippen LogP contribution < -0.4 is 14.9 Å². The van der Waals surface area contributed by atoms with Crippen LogP contribution in [0, 0.1) is 0 Å². The molecule has 7 heteroatoms. The van der Waals surface area contributed by atoms with Gasteiger partial charge < -0.3 is 14.6 Å². The first-order valence-corrected chi connectivity index (χ1v) is 8.82. The third-order valence-corrected chi connectivity index (χ3v) is 3.90. The minimum Gasteiger partial charge on any atom is -0.508 e. The van der Waals surface area contributed by atoms with Crippen LogP contribution in [-0.2, 0) is 11.2 Å². The number of benzene rings is 2. The van der Waals surface area contributed by atoms with Crippen LogP contribution >= 0.6 is 15.9 Å². The van der Waals surface area contributed by atoms with E-state index in [0.29, 0.717) is 11.5 Å². The first kappa shape index (κ1) is 19.8. The molecule has 6 nitrogen and oxygen atoms in total. The maximum atomic E-state index is 11.9. The zero-order chi connectivity index (χ0) is 19.1. The summed E-state index contributed by atoms with van der Waals surface area (Å²) in [5.74, 6) is 1.11. The Bertz CT molecular complexity index is 789. The Morgan fingerprint density at radius 3 is 2.62 bits per heavy atom. The number of aromatic hydroxyl groups is 1. The van der Waals surface area contributed by atoms with E-state index in [-0.39, 0.29) is 24.2 Å². The molecule has 2 aromatic carbocycles. The molecule has 0 spiro atoms. The molecule has 0 saturated heterocycles. The number of hydrogen-bond acceptors (Lipinski definition) is 5. The fourth-order valence-corrected chi connectivity index (χ4v) is 2.74. The normalized spacial score (nSPS) is 11.0. The van der Waals surface area contributed by atoms with Gasteiger partial charge in [-0.1, -0.05) is 12.1 Å². The van der Waals surface area contributed by atoms with Gasteiger partial charge in [-0.2, -0.15) is 5.10 Å². The Morgan fingerprint density at radius 1 is 1.31 bits per heavy atom. The second-order valence-corrected chi connectivity index (χ2v) is 6.69. The van der Waals surface area contributed by atoms with Gasteiger partial charge in [-0.3, -0.25) is 4.79 Å². The monoisotopic (exact) mass is 420 g/mol. The maximum absolute atomic E-state index is 11.9. The van der Waals surface area contributed by atoms with Gasteiger partial charge in [-0.15, -0.1) is 0 Å². The van der Waals surface area contributed by atoms with Crippen molar-refractivity contribution in [3.05, 3.63) is 52.0 Å². The number of carbonyl (C=O) groups excluding carboxylic acids is 1. The number of phenolic OH excluding ortho intramolecular Hbond substituents is 1.